The van der Waals surface area contributed by atoms with Crippen LogP contribution in [0.5, 0.6) is 0 Å². The molecule has 132 valence electrons. The Hall–Kier alpha value is -2.14. The summed E-state index contributed by atoms with van der Waals surface area (Å²) in [6.45, 7) is 0. The monoisotopic (exact) mass is 337 g/mol. The van der Waals surface area contributed by atoms with E-state index >= 15 is 0 Å². The highest BCUT2D eigenvalue weighted by Crippen LogP contribution is 2.29. The molecule has 0 saturated heterocycles. The Morgan fingerprint density at radius 3 is 2.72 bits per heavy atom. The molecule has 3 aromatic rings. The van der Waals surface area contributed by atoms with Gasteiger partial charge < -0.3 is 10.3 Å². The number of nitrogens with zero attached hydrogens (tertiary/aromatic N) is 3. The SMILES string of the molecule is CNC1CCC(CCCc2c[nH]c3ccc(-n4cnnc4)cc23)CC1. The van der Waals surface area contributed by atoms with Crippen LogP contribution in [0.3, 0.4) is 0 Å². The van der Waals surface area contributed by atoms with Crippen molar-refractivity contribution in [2.24, 2.45) is 5.92 Å². The van der Waals surface area contributed by atoms with Gasteiger partial charge in [-0.1, -0.05) is 6.42 Å². The molecule has 4 rings (SSSR count). The summed E-state index contributed by atoms with van der Waals surface area (Å²) in [4.78, 5) is 3.41. The number of aromatic nitrogens is 4. The first-order valence-electron chi connectivity index (χ1n) is 9.46. The summed E-state index contributed by atoms with van der Waals surface area (Å²) in [5.74, 6) is 0.919. The summed E-state index contributed by atoms with van der Waals surface area (Å²) in [6, 6.07) is 7.24. The first-order chi connectivity index (χ1) is 12.3. The number of fused-ring (bicyclic) bond motifs is 1. The molecule has 5 nitrogen and oxygen atoms in total. The van der Waals surface area contributed by atoms with Gasteiger partial charge >= 0.3 is 0 Å². The van der Waals surface area contributed by atoms with Gasteiger partial charge in [-0.3, -0.25) is 4.57 Å². The van der Waals surface area contributed by atoms with E-state index in [4.69, 9.17) is 0 Å². The molecule has 0 bridgehead atoms. The van der Waals surface area contributed by atoms with Crippen LogP contribution in [-0.4, -0.2) is 32.8 Å². The lowest BCUT2D eigenvalue weighted by atomic mass is 9.83. The minimum Gasteiger partial charge on any atom is -0.361 e. The molecule has 0 unspecified atom stereocenters. The third kappa shape index (κ3) is 3.61. The number of hydrogen-bond donors (Lipinski definition) is 2. The Morgan fingerprint density at radius 1 is 1.16 bits per heavy atom. The van der Waals surface area contributed by atoms with Gasteiger partial charge in [0.15, 0.2) is 0 Å². The maximum atomic E-state index is 3.90. The molecular formula is C20H27N5. The van der Waals surface area contributed by atoms with Crippen LogP contribution in [0.15, 0.2) is 37.1 Å². The third-order valence-electron chi connectivity index (χ3n) is 5.78. The zero-order valence-electron chi connectivity index (χ0n) is 14.9. The maximum Gasteiger partial charge on any atom is 0.123 e. The molecule has 2 N–H and O–H groups in total. The van der Waals surface area contributed by atoms with Crippen molar-refractivity contribution in [3.05, 3.63) is 42.6 Å². The number of H-pyrrole nitrogens is 1. The van der Waals surface area contributed by atoms with Crippen LogP contribution < -0.4 is 5.32 Å². The van der Waals surface area contributed by atoms with Gasteiger partial charge in [0, 0.05) is 28.8 Å². The predicted molar refractivity (Wildman–Crippen MR) is 101 cm³/mol. The summed E-state index contributed by atoms with van der Waals surface area (Å²) >= 11 is 0. The Kier molecular flexibility index (Phi) is 4.83. The minimum absolute atomic E-state index is 0.751. The topological polar surface area (TPSA) is 58.5 Å². The van der Waals surface area contributed by atoms with E-state index in [1.165, 1.54) is 55.0 Å². The van der Waals surface area contributed by atoms with Crippen molar-refractivity contribution >= 4 is 10.9 Å². The molecule has 1 aliphatic rings. The summed E-state index contributed by atoms with van der Waals surface area (Å²) in [6.07, 6.45) is 14.9. The Bertz CT molecular complexity index is 797. The summed E-state index contributed by atoms with van der Waals surface area (Å²) in [7, 11) is 2.09. The number of aromatic amines is 1. The van der Waals surface area contributed by atoms with E-state index in [0.29, 0.717) is 0 Å². The van der Waals surface area contributed by atoms with Crippen LogP contribution in [0.2, 0.25) is 0 Å². The van der Waals surface area contributed by atoms with Gasteiger partial charge in [-0.25, -0.2) is 0 Å². The third-order valence-corrected chi connectivity index (χ3v) is 5.78. The van der Waals surface area contributed by atoms with Crippen LogP contribution >= 0.6 is 0 Å². The maximum absolute atomic E-state index is 3.90. The van der Waals surface area contributed by atoms with E-state index in [1.54, 1.807) is 12.7 Å². The minimum atomic E-state index is 0.751. The first-order valence-corrected chi connectivity index (χ1v) is 9.46. The van der Waals surface area contributed by atoms with Crippen molar-refractivity contribution in [1.29, 1.82) is 0 Å². The molecule has 1 aromatic carbocycles. The van der Waals surface area contributed by atoms with E-state index in [-0.39, 0.29) is 0 Å². The van der Waals surface area contributed by atoms with Crippen molar-refractivity contribution in [2.45, 2.75) is 51.0 Å². The summed E-state index contributed by atoms with van der Waals surface area (Å²) in [5.41, 5.74) is 3.75. The van der Waals surface area contributed by atoms with Gasteiger partial charge in [-0.05, 0) is 75.3 Å². The Morgan fingerprint density at radius 2 is 1.96 bits per heavy atom. The normalized spacial score (nSPS) is 21.0. The van der Waals surface area contributed by atoms with Crippen LogP contribution in [-0.2, 0) is 6.42 Å². The summed E-state index contributed by atoms with van der Waals surface area (Å²) in [5, 5.41) is 12.6. The zero-order chi connectivity index (χ0) is 17.1. The number of aryl methyl sites for hydroxylation is 1. The second kappa shape index (κ2) is 7.40. The number of benzene rings is 1. The van der Waals surface area contributed by atoms with E-state index < -0.39 is 0 Å². The van der Waals surface area contributed by atoms with Crippen molar-refractivity contribution in [3.8, 4) is 5.69 Å². The van der Waals surface area contributed by atoms with E-state index in [0.717, 1.165) is 24.1 Å². The number of rotatable bonds is 6. The highest BCUT2D eigenvalue weighted by molar-refractivity contribution is 5.85. The molecule has 2 heterocycles. The lowest BCUT2D eigenvalue weighted by Crippen LogP contribution is -2.30. The van der Waals surface area contributed by atoms with Crippen LogP contribution in [0.1, 0.15) is 44.1 Å². The van der Waals surface area contributed by atoms with Gasteiger partial charge in [0.1, 0.15) is 12.7 Å². The molecule has 0 radical (unpaired) electrons. The molecule has 2 aromatic heterocycles. The largest absolute Gasteiger partial charge is 0.361 e. The van der Waals surface area contributed by atoms with Crippen LogP contribution in [0, 0.1) is 5.92 Å². The van der Waals surface area contributed by atoms with Crippen LogP contribution in [0.25, 0.3) is 16.6 Å². The van der Waals surface area contributed by atoms with E-state index in [1.807, 2.05) is 4.57 Å². The van der Waals surface area contributed by atoms with Crippen molar-refractivity contribution < 1.29 is 0 Å². The average molecular weight is 337 g/mol. The first kappa shape index (κ1) is 16.3. The molecule has 0 amide bonds. The van der Waals surface area contributed by atoms with Gasteiger partial charge in [-0.15, -0.1) is 10.2 Å². The standard InChI is InChI=1S/C20H27N5/c1-21-17-7-5-15(6-8-17)3-2-4-16-12-22-20-10-9-18(11-19(16)20)25-13-23-24-14-25/h9-15,17,21-22H,2-8H2,1H3. The molecular weight excluding hydrogens is 310 g/mol. The Labute approximate surface area is 148 Å². The second-order valence-corrected chi connectivity index (χ2v) is 7.31. The molecule has 1 saturated carbocycles. The van der Waals surface area contributed by atoms with Crippen LogP contribution in [0.4, 0.5) is 0 Å². The zero-order valence-corrected chi connectivity index (χ0v) is 14.9. The van der Waals surface area contributed by atoms with Crippen molar-refractivity contribution in [2.75, 3.05) is 7.05 Å². The fraction of sp³-hybridized carbons (Fsp3) is 0.500. The second-order valence-electron chi connectivity index (χ2n) is 7.31. The highest BCUT2D eigenvalue weighted by atomic mass is 15.2. The fourth-order valence-electron chi connectivity index (χ4n) is 4.19. The van der Waals surface area contributed by atoms with Crippen molar-refractivity contribution in [3.63, 3.8) is 0 Å². The smallest absolute Gasteiger partial charge is 0.123 e. The van der Waals surface area contributed by atoms with Crippen molar-refractivity contribution in [1.82, 2.24) is 25.1 Å². The van der Waals surface area contributed by atoms with E-state index in [2.05, 4.69) is 51.9 Å². The lowest BCUT2D eigenvalue weighted by molar-refractivity contribution is 0.285. The molecule has 1 fully saturated rings. The number of hydrogen-bond acceptors (Lipinski definition) is 3. The molecule has 0 spiro atoms. The number of nitrogens with one attached hydrogen (secondary N) is 2. The average Bonchev–Trinajstić information content (AvgIpc) is 3.32. The summed E-state index contributed by atoms with van der Waals surface area (Å²) < 4.78 is 1.95. The Balaban J connectivity index is 1.39. The van der Waals surface area contributed by atoms with E-state index in [9.17, 15) is 0 Å². The predicted octanol–water partition coefficient (Wildman–Crippen LogP) is 3.85. The quantitative estimate of drug-likeness (QED) is 0.718. The van der Waals surface area contributed by atoms with Gasteiger partial charge in [0.25, 0.3) is 0 Å². The highest BCUT2D eigenvalue weighted by Gasteiger charge is 2.19. The fourth-order valence-corrected chi connectivity index (χ4v) is 4.19. The molecule has 0 atom stereocenters. The molecule has 1 aliphatic carbocycles. The molecule has 5 heteroatoms. The van der Waals surface area contributed by atoms with Gasteiger partial charge in [0.2, 0.25) is 0 Å². The lowest BCUT2D eigenvalue weighted by Gasteiger charge is -2.28. The van der Waals surface area contributed by atoms with Gasteiger partial charge in [-0.2, -0.15) is 0 Å². The molecule has 25 heavy (non-hydrogen) atoms. The van der Waals surface area contributed by atoms with Gasteiger partial charge in [0.05, 0.1) is 0 Å². The molecule has 0 aliphatic heterocycles.